The normalized spacial score (nSPS) is 12.2. The number of anilines is 2. The molecule has 0 aliphatic heterocycles. The van der Waals surface area contributed by atoms with Gasteiger partial charge < -0.3 is 10.6 Å². The molecule has 3 rings (SSSR count). The van der Waals surface area contributed by atoms with Crippen LogP contribution in [0.2, 0.25) is 0 Å². The van der Waals surface area contributed by atoms with Crippen molar-refractivity contribution in [2.24, 2.45) is 0 Å². The molecule has 0 fully saturated rings. The Balaban J connectivity index is 1.61. The van der Waals surface area contributed by atoms with Crippen LogP contribution >= 0.6 is 0 Å². The van der Waals surface area contributed by atoms with Gasteiger partial charge in [0.25, 0.3) is 5.91 Å². The van der Waals surface area contributed by atoms with Gasteiger partial charge in [-0.1, -0.05) is 6.92 Å². The molecular formula is C20H21N5O4S. The maximum absolute atomic E-state index is 12.4. The van der Waals surface area contributed by atoms with Gasteiger partial charge >= 0.3 is 0 Å². The molecule has 9 nitrogen and oxygen atoms in total. The van der Waals surface area contributed by atoms with Crippen LogP contribution in [0, 0.1) is 0 Å². The van der Waals surface area contributed by atoms with E-state index < -0.39 is 15.9 Å². The second-order valence-electron chi connectivity index (χ2n) is 6.50. The lowest BCUT2D eigenvalue weighted by Crippen LogP contribution is -2.24. The van der Waals surface area contributed by atoms with Gasteiger partial charge in [-0.15, -0.1) is 0 Å². The van der Waals surface area contributed by atoms with Crippen molar-refractivity contribution in [2.75, 3.05) is 16.4 Å². The number of hydrogen-bond acceptors (Lipinski definition) is 6. The number of aromatic nitrogens is 3. The number of carbonyl (C=O) groups is 2. The number of nitrogens with one attached hydrogen (secondary N) is 2. The maximum atomic E-state index is 12.4. The van der Waals surface area contributed by atoms with Crippen LogP contribution in [0.15, 0.2) is 66.1 Å². The van der Waals surface area contributed by atoms with Crippen molar-refractivity contribution in [3.63, 3.8) is 0 Å². The first-order chi connectivity index (χ1) is 14.3. The molecule has 2 aromatic carbocycles. The lowest BCUT2D eigenvalue weighted by atomic mass is 10.2. The molecule has 156 valence electrons. The molecule has 1 aromatic heterocycles. The van der Waals surface area contributed by atoms with Gasteiger partial charge in [0.2, 0.25) is 5.91 Å². The highest BCUT2D eigenvalue weighted by molar-refractivity contribution is 7.91. The Hall–Kier alpha value is -3.53. The lowest BCUT2D eigenvalue weighted by molar-refractivity contribution is -0.119. The Morgan fingerprint density at radius 2 is 1.60 bits per heavy atom. The number of nitrogens with zero attached hydrogens (tertiary/aromatic N) is 3. The molecule has 1 unspecified atom stereocenters. The maximum Gasteiger partial charge on any atom is 0.255 e. The first-order valence-electron chi connectivity index (χ1n) is 9.19. The molecule has 0 bridgehead atoms. The number of sulfone groups is 1. The van der Waals surface area contributed by atoms with Gasteiger partial charge in [0, 0.05) is 16.9 Å². The summed E-state index contributed by atoms with van der Waals surface area (Å²) < 4.78 is 25.1. The van der Waals surface area contributed by atoms with Gasteiger partial charge in [-0.25, -0.2) is 18.1 Å². The molecule has 2 N–H and O–H groups in total. The molecule has 0 radical (unpaired) electrons. The first-order valence-corrected chi connectivity index (χ1v) is 10.8. The summed E-state index contributed by atoms with van der Waals surface area (Å²) in [6.07, 6.45) is 2.82. The van der Waals surface area contributed by atoms with Crippen molar-refractivity contribution >= 4 is 33.0 Å². The number of rotatable bonds is 7. The summed E-state index contributed by atoms with van der Waals surface area (Å²) in [5.41, 5.74) is 1.44. The van der Waals surface area contributed by atoms with Crippen molar-refractivity contribution in [2.45, 2.75) is 24.8 Å². The van der Waals surface area contributed by atoms with Crippen LogP contribution in [0.25, 0.3) is 0 Å². The van der Waals surface area contributed by atoms with Crippen molar-refractivity contribution < 1.29 is 18.0 Å². The molecule has 10 heteroatoms. The predicted molar refractivity (Wildman–Crippen MR) is 112 cm³/mol. The van der Waals surface area contributed by atoms with E-state index in [1.165, 1.54) is 41.6 Å². The summed E-state index contributed by atoms with van der Waals surface area (Å²) in [5, 5.41) is 9.45. The number of amides is 2. The Morgan fingerprint density at radius 1 is 1.00 bits per heavy atom. The van der Waals surface area contributed by atoms with E-state index >= 15 is 0 Å². The quantitative estimate of drug-likeness (QED) is 0.597. The zero-order valence-electron chi connectivity index (χ0n) is 16.4. The Labute approximate surface area is 174 Å². The van der Waals surface area contributed by atoms with Crippen LogP contribution in [-0.2, 0) is 14.6 Å². The minimum atomic E-state index is -3.31. The SMILES string of the molecule is CCS(=O)(=O)c1ccc(C(=O)Nc2ccc(NC(=O)C(C)n3cncn3)cc2)cc1. The summed E-state index contributed by atoms with van der Waals surface area (Å²) in [6.45, 7) is 3.27. The van der Waals surface area contributed by atoms with E-state index in [1.807, 2.05) is 0 Å². The van der Waals surface area contributed by atoms with Crippen LogP contribution in [0.4, 0.5) is 11.4 Å². The van der Waals surface area contributed by atoms with Gasteiger partial charge in [0.1, 0.15) is 18.7 Å². The highest BCUT2D eigenvalue weighted by Gasteiger charge is 2.16. The second-order valence-corrected chi connectivity index (χ2v) is 8.78. The van der Waals surface area contributed by atoms with Crippen molar-refractivity contribution in [3.8, 4) is 0 Å². The molecule has 0 saturated carbocycles. The van der Waals surface area contributed by atoms with Crippen LogP contribution in [0.5, 0.6) is 0 Å². The monoisotopic (exact) mass is 427 g/mol. The van der Waals surface area contributed by atoms with E-state index in [2.05, 4.69) is 20.7 Å². The number of benzene rings is 2. The Kier molecular flexibility index (Phi) is 6.26. The van der Waals surface area contributed by atoms with E-state index in [0.29, 0.717) is 16.9 Å². The summed E-state index contributed by atoms with van der Waals surface area (Å²) in [6, 6.07) is 11.9. The summed E-state index contributed by atoms with van der Waals surface area (Å²) in [5.74, 6) is -0.620. The van der Waals surface area contributed by atoms with Gasteiger partial charge in [-0.3, -0.25) is 9.59 Å². The zero-order chi connectivity index (χ0) is 21.7. The van der Waals surface area contributed by atoms with Crippen LogP contribution in [0.3, 0.4) is 0 Å². The van der Waals surface area contributed by atoms with Crippen LogP contribution in [-0.4, -0.2) is 40.7 Å². The third-order valence-electron chi connectivity index (χ3n) is 4.48. The van der Waals surface area contributed by atoms with Crippen LogP contribution in [0.1, 0.15) is 30.2 Å². The molecule has 0 saturated heterocycles. The topological polar surface area (TPSA) is 123 Å². The predicted octanol–water partition coefficient (Wildman–Crippen LogP) is 2.52. The van der Waals surface area contributed by atoms with Gasteiger partial charge in [-0.05, 0) is 55.5 Å². The van der Waals surface area contributed by atoms with E-state index in [0.717, 1.165) is 0 Å². The third-order valence-corrected chi connectivity index (χ3v) is 6.23. The largest absolute Gasteiger partial charge is 0.324 e. The minimum absolute atomic E-state index is 0.000951. The average molecular weight is 427 g/mol. The van der Waals surface area contributed by atoms with Crippen molar-refractivity contribution in [3.05, 3.63) is 66.7 Å². The highest BCUT2D eigenvalue weighted by Crippen LogP contribution is 2.17. The molecule has 0 spiro atoms. The summed E-state index contributed by atoms with van der Waals surface area (Å²) >= 11 is 0. The smallest absolute Gasteiger partial charge is 0.255 e. The molecule has 3 aromatic rings. The van der Waals surface area contributed by atoms with Crippen LogP contribution < -0.4 is 10.6 Å². The second kappa shape index (κ2) is 8.87. The fourth-order valence-electron chi connectivity index (χ4n) is 2.60. The zero-order valence-corrected chi connectivity index (χ0v) is 17.3. The first kappa shape index (κ1) is 21.2. The summed E-state index contributed by atoms with van der Waals surface area (Å²) in [4.78, 5) is 28.7. The fraction of sp³-hybridized carbons (Fsp3) is 0.200. The van der Waals surface area contributed by atoms with Crippen molar-refractivity contribution in [1.29, 1.82) is 0 Å². The highest BCUT2D eigenvalue weighted by atomic mass is 32.2. The molecule has 0 aliphatic carbocycles. The van der Waals surface area contributed by atoms with E-state index in [-0.39, 0.29) is 22.5 Å². The number of hydrogen-bond donors (Lipinski definition) is 2. The lowest BCUT2D eigenvalue weighted by Gasteiger charge is -2.12. The van der Waals surface area contributed by atoms with Gasteiger partial charge in [0.15, 0.2) is 9.84 Å². The van der Waals surface area contributed by atoms with Crippen molar-refractivity contribution in [1.82, 2.24) is 14.8 Å². The molecular weight excluding hydrogens is 406 g/mol. The standard InChI is InChI=1S/C20H21N5O4S/c1-3-30(28,29)18-10-4-15(5-11-18)20(27)24-17-8-6-16(7-9-17)23-19(26)14(2)25-13-21-12-22-25/h4-14H,3H2,1-2H3,(H,23,26)(H,24,27). The molecule has 1 heterocycles. The molecule has 30 heavy (non-hydrogen) atoms. The van der Waals surface area contributed by atoms with E-state index in [1.54, 1.807) is 38.1 Å². The number of carbonyl (C=O) groups excluding carboxylic acids is 2. The minimum Gasteiger partial charge on any atom is -0.324 e. The van der Waals surface area contributed by atoms with E-state index in [9.17, 15) is 18.0 Å². The molecule has 0 aliphatic rings. The molecule has 1 atom stereocenters. The average Bonchev–Trinajstić information content (AvgIpc) is 3.29. The molecule has 2 amide bonds. The third kappa shape index (κ3) is 4.90. The Bertz CT molecular complexity index is 1120. The Morgan fingerprint density at radius 3 is 2.13 bits per heavy atom. The summed E-state index contributed by atoms with van der Waals surface area (Å²) in [7, 11) is -3.31. The van der Waals surface area contributed by atoms with E-state index in [4.69, 9.17) is 0 Å². The van der Waals surface area contributed by atoms with Gasteiger partial charge in [0.05, 0.1) is 10.6 Å². The fourth-order valence-corrected chi connectivity index (χ4v) is 3.49. The van der Waals surface area contributed by atoms with Gasteiger partial charge in [-0.2, -0.15) is 5.10 Å².